The lowest BCUT2D eigenvalue weighted by Gasteiger charge is -2.46. The van der Waals surface area contributed by atoms with Crippen LogP contribution in [0.4, 0.5) is 5.95 Å². The van der Waals surface area contributed by atoms with E-state index in [1.807, 2.05) is 0 Å². The van der Waals surface area contributed by atoms with E-state index in [-0.39, 0.29) is 5.66 Å². The van der Waals surface area contributed by atoms with Gasteiger partial charge in [-0.15, -0.1) is 0 Å². The molecule has 1 saturated carbocycles. The Kier molecular flexibility index (Phi) is 3.50. The monoisotopic (exact) mass is 366 g/mol. The summed E-state index contributed by atoms with van der Waals surface area (Å²) in [6.07, 6.45) is 7.44. The maximum absolute atomic E-state index is 5.84. The predicted octanol–water partition coefficient (Wildman–Crippen LogP) is 2.44. The molecule has 1 atom stereocenters. The fraction of sp³-hybridized carbons (Fsp3) is 0.600. The molecule has 27 heavy (non-hydrogen) atoms. The van der Waals surface area contributed by atoms with Crippen LogP contribution < -0.4 is 10.2 Å². The highest BCUT2D eigenvalue weighted by molar-refractivity contribution is 5.99. The largest absolute Gasteiger partial charge is 0.377 e. The molecule has 142 valence electrons. The number of para-hydroxylation sites is 2. The molecular formula is C20H26N6O. The highest BCUT2D eigenvalue weighted by Crippen LogP contribution is 2.43. The molecule has 4 aliphatic rings. The number of guanidine groups is 1. The zero-order chi connectivity index (χ0) is 17.8. The smallest absolute Gasteiger partial charge is 0.216 e. The maximum atomic E-state index is 5.84. The molecule has 1 spiro atoms. The second-order valence-corrected chi connectivity index (χ2v) is 8.28. The molecule has 3 aliphatic heterocycles. The van der Waals surface area contributed by atoms with Gasteiger partial charge >= 0.3 is 0 Å². The Morgan fingerprint density at radius 2 is 2.07 bits per heavy atom. The summed E-state index contributed by atoms with van der Waals surface area (Å²) in [4.78, 5) is 14.6. The van der Waals surface area contributed by atoms with Crippen LogP contribution in [0.2, 0.25) is 0 Å². The van der Waals surface area contributed by atoms with Gasteiger partial charge in [0.15, 0.2) is 0 Å². The van der Waals surface area contributed by atoms with Crippen molar-refractivity contribution in [2.75, 3.05) is 31.4 Å². The minimum Gasteiger partial charge on any atom is -0.377 e. The molecule has 0 radical (unpaired) electrons. The van der Waals surface area contributed by atoms with E-state index in [2.05, 4.69) is 43.9 Å². The number of anilines is 1. The maximum Gasteiger partial charge on any atom is 0.216 e. The molecule has 0 bridgehead atoms. The lowest BCUT2D eigenvalue weighted by Crippen LogP contribution is -2.63. The first-order valence-corrected chi connectivity index (χ1v) is 10.2. The molecule has 7 heteroatoms. The van der Waals surface area contributed by atoms with E-state index in [0.717, 1.165) is 63.2 Å². The van der Waals surface area contributed by atoms with Crippen molar-refractivity contribution in [2.45, 2.75) is 50.3 Å². The second kappa shape index (κ2) is 5.94. The number of hydrogen-bond acceptors (Lipinski definition) is 6. The molecule has 4 heterocycles. The summed E-state index contributed by atoms with van der Waals surface area (Å²) in [6, 6.07) is 8.51. The first-order valence-electron chi connectivity index (χ1n) is 10.2. The van der Waals surface area contributed by atoms with E-state index in [1.165, 1.54) is 24.8 Å². The molecule has 7 nitrogen and oxygen atoms in total. The van der Waals surface area contributed by atoms with Crippen LogP contribution in [0.5, 0.6) is 0 Å². The van der Waals surface area contributed by atoms with E-state index < -0.39 is 0 Å². The number of aliphatic imine (C=N–C) groups is 1. The van der Waals surface area contributed by atoms with E-state index in [4.69, 9.17) is 14.7 Å². The van der Waals surface area contributed by atoms with E-state index in [9.17, 15) is 0 Å². The average Bonchev–Trinajstić information content (AvgIpc) is 3.42. The minimum absolute atomic E-state index is 0.0719. The topological polar surface area (TPSA) is 57.9 Å². The van der Waals surface area contributed by atoms with Crippen molar-refractivity contribution in [2.24, 2.45) is 4.99 Å². The van der Waals surface area contributed by atoms with Crippen molar-refractivity contribution < 1.29 is 4.74 Å². The SMILES string of the molecule is c1ccc2c(c1)nc1n2C2(CCCC2)NC2=NCN(C[C@@H]3CCCO3)CN21. The third-order valence-electron chi connectivity index (χ3n) is 6.49. The lowest BCUT2D eigenvalue weighted by atomic mass is 10.1. The Balaban J connectivity index is 1.41. The van der Waals surface area contributed by atoms with Crippen molar-refractivity contribution >= 4 is 22.9 Å². The van der Waals surface area contributed by atoms with Crippen LogP contribution in [0, 0.1) is 0 Å². The van der Waals surface area contributed by atoms with Gasteiger partial charge in [-0.25, -0.2) is 9.98 Å². The standard InChI is InChI=1S/C20H26N6O/c1-2-8-17-16(7-1)22-19-25-14-24(12-15-6-5-11-27-15)13-21-18(25)23-20(26(17)19)9-3-4-10-20/h1-2,7-8,15H,3-6,9-14H2,(H,21,23)/t15-/m0/s1. The third-order valence-corrected chi connectivity index (χ3v) is 6.49. The molecule has 1 N–H and O–H groups in total. The third kappa shape index (κ3) is 2.41. The van der Waals surface area contributed by atoms with E-state index in [1.54, 1.807) is 0 Å². The Hall–Kier alpha value is -2.12. The molecule has 1 aromatic heterocycles. The van der Waals surface area contributed by atoms with Crippen molar-refractivity contribution in [1.29, 1.82) is 0 Å². The number of nitrogens with one attached hydrogen (secondary N) is 1. The summed E-state index contributed by atoms with van der Waals surface area (Å²) in [6.45, 7) is 3.38. The van der Waals surface area contributed by atoms with Crippen LogP contribution in [0.1, 0.15) is 38.5 Å². The number of nitrogens with zero attached hydrogens (tertiary/aromatic N) is 5. The summed E-state index contributed by atoms with van der Waals surface area (Å²) >= 11 is 0. The van der Waals surface area contributed by atoms with Gasteiger partial charge in [-0.2, -0.15) is 0 Å². The molecule has 1 aliphatic carbocycles. The molecule has 2 aromatic rings. The summed E-state index contributed by atoms with van der Waals surface area (Å²) in [5.74, 6) is 2.02. The normalized spacial score (nSPS) is 26.9. The van der Waals surface area contributed by atoms with Gasteiger partial charge in [0.2, 0.25) is 11.9 Å². The van der Waals surface area contributed by atoms with Crippen molar-refractivity contribution in [3.63, 3.8) is 0 Å². The van der Waals surface area contributed by atoms with Gasteiger partial charge in [0.25, 0.3) is 0 Å². The highest BCUT2D eigenvalue weighted by atomic mass is 16.5. The van der Waals surface area contributed by atoms with Gasteiger partial charge in [0.1, 0.15) is 5.66 Å². The van der Waals surface area contributed by atoms with Crippen LogP contribution in [0.25, 0.3) is 11.0 Å². The predicted molar refractivity (Wildman–Crippen MR) is 105 cm³/mol. The highest BCUT2D eigenvalue weighted by Gasteiger charge is 2.46. The molecular weight excluding hydrogens is 340 g/mol. The van der Waals surface area contributed by atoms with Gasteiger partial charge in [0, 0.05) is 13.2 Å². The number of benzene rings is 1. The van der Waals surface area contributed by atoms with Gasteiger partial charge in [0.05, 0.1) is 30.5 Å². The first kappa shape index (κ1) is 15.9. The number of imidazole rings is 1. The number of aromatic nitrogens is 2. The van der Waals surface area contributed by atoms with Gasteiger partial charge in [-0.3, -0.25) is 14.4 Å². The number of hydrogen-bond donors (Lipinski definition) is 1. The second-order valence-electron chi connectivity index (χ2n) is 8.28. The van der Waals surface area contributed by atoms with Crippen LogP contribution >= 0.6 is 0 Å². The fourth-order valence-electron chi connectivity index (χ4n) is 5.21. The van der Waals surface area contributed by atoms with Crippen LogP contribution in [-0.4, -0.2) is 53.0 Å². The minimum atomic E-state index is -0.0719. The Bertz CT molecular complexity index is 893. The Morgan fingerprint density at radius 3 is 2.93 bits per heavy atom. The van der Waals surface area contributed by atoms with E-state index >= 15 is 0 Å². The van der Waals surface area contributed by atoms with E-state index in [0.29, 0.717) is 6.10 Å². The van der Waals surface area contributed by atoms with Crippen molar-refractivity contribution in [1.82, 2.24) is 19.8 Å². The molecule has 2 fully saturated rings. The summed E-state index contributed by atoms with van der Waals surface area (Å²) in [7, 11) is 0. The van der Waals surface area contributed by atoms with Crippen LogP contribution in [-0.2, 0) is 10.4 Å². The van der Waals surface area contributed by atoms with Crippen molar-refractivity contribution in [3.05, 3.63) is 24.3 Å². The Morgan fingerprint density at radius 1 is 1.19 bits per heavy atom. The van der Waals surface area contributed by atoms with Crippen LogP contribution in [0.15, 0.2) is 29.3 Å². The number of rotatable bonds is 2. The fourth-order valence-corrected chi connectivity index (χ4v) is 5.21. The molecule has 0 unspecified atom stereocenters. The Labute approximate surface area is 159 Å². The first-order chi connectivity index (χ1) is 13.3. The number of ether oxygens (including phenoxy) is 1. The molecule has 0 amide bonds. The summed E-state index contributed by atoms with van der Waals surface area (Å²) < 4.78 is 8.29. The van der Waals surface area contributed by atoms with Crippen molar-refractivity contribution in [3.8, 4) is 0 Å². The van der Waals surface area contributed by atoms with Gasteiger partial charge < -0.3 is 10.1 Å². The molecule has 1 saturated heterocycles. The lowest BCUT2D eigenvalue weighted by molar-refractivity contribution is 0.0726. The number of fused-ring (bicyclic) bond motifs is 6. The van der Waals surface area contributed by atoms with Gasteiger partial charge in [-0.05, 0) is 50.7 Å². The molecule has 6 rings (SSSR count). The summed E-state index contributed by atoms with van der Waals surface area (Å²) in [5.41, 5.74) is 2.22. The molecule has 1 aromatic carbocycles. The average molecular weight is 366 g/mol. The zero-order valence-electron chi connectivity index (χ0n) is 15.6. The van der Waals surface area contributed by atoms with Gasteiger partial charge in [-0.1, -0.05) is 12.1 Å². The quantitative estimate of drug-likeness (QED) is 0.885. The van der Waals surface area contributed by atoms with Crippen LogP contribution in [0.3, 0.4) is 0 Å². The zero-order valence-corrected chi connectivity index (χ0v) is 15.6. The summed E-state index contributed by atoms with van der Waals surface area (Å²) in [5, 5.41) is 3.82.